The molecule has 1 aliphatic rings. The minimum atomic E-state index is -0.290. The third-order valence-corrected chi connectivity index (χ3v) is 4.57. The highest BCUT2D eigenvalue weighted by Gasteiger charge is 2.27. The average Bonchev–Trinajstić information content (AvgIpc) is 3.10. The number of methoxy groups -OCH3 is 1. The summed E-state index contributed by atoms with van der Waals surface area (Å²) in [6.07, 6.45) is 4.29. The van der Waals surface area contributed by atoms with E-state index in [0.717, 1.165) is 30.5 Å². The quantitative estimate of drug-likeness (QED) is 0.733. The number of ether oxygens (including phenoxy) is 1. The molecule has 0 aliphatic carbocycles. The molecule has 0 spiro atoms. The summed E-state index contributed by atoms with van der Waals surface area (Å²) in [6, 6.07) is 7.52. The minimum Gasteiger partial charge on any atom is -0.496 e. The Morgan fingerprint density at radius 3 is 2.85 bits per heavy atom. The molecule has 3 rings (SSSR count). The third kappa shape index (κ3) is 4.02. The fourth-order valence-corrected chi connectivity index (χ4v) is 3.25. The predicted molar refractivity (Wildman–Crippen MR) is 102 cm³/mol. The molecule has 2 heterocycles. The van der Waals surface area contributed by atoms with Crippen molar-refractivity contribution in [2.45, 2.75) is 32.4 Å². The number of rotatable bonds is 7. The number of benzene rings is 1. The first-order valence-electron chi connectivity index (χ1n) is 9.04. The summed E-state index contributed by atoms with van der Waals surface area (Å²) in [7, 11) is 1.60. The largest absolute Gasteiger partial charge is 0.496 e. The van der Waals surface area contributed by atoms with E-state index in [-0.39, 0.29) is 17.6 Å². The Morgan fingerprint density at radius 2 is 2.07 bits per heavy atom. The lowest BCUT2D eigenvalue weighted by Gasteiger charge is -2.17. The van der Waals surface area contributed by atoms with Gasteiger partial charge in [-0.05, 0) is 25.3 Å². The molecule has 1 aliphatic heterocycles. The van der Waals surface area contributed by atoms with Gasteiger partial charge in [-0.25, -0.2) is 4.98 Å². The molecule has 2 N–H and O–H groups in total. The van der Waals surface area contributed by atoms with Crippen LogP contribution in [0.3, 0.4) is 0 Å². The molecule has 2 amide bonds. The smallest absolute Gasteiger partial charge is 0.287 e. The molecule has 0 unspecified atom stereocenters. The van der Waals surface area contributed by atoms with Gasteiger partial charge >= 0.3 is 0 Å². The van der Waals surface area contributed by atoms with Crippen molar-refractivity contribution in [2.75, 3.05) is 13.7 Å². The molecule has 0 saturated carbocycles. The SMILES string of the molecule is C=CCNC(=O)c1nc(C(=O)NCc2ccccc2OC)c2n1CCCC2. The molecule has 0 bridgehead atoms. The molecule has 0 fully saturated rings. The van der Waals surface area contributed by atoms with E-state index >= 15 is 0 Å². The Balaban J connectivity index is 1.81. The first kappa shape index (κ1) is 18.7. The molecule has 7 heteroatoms. The minimum absolute atomic E-state index is 0.283. The molecule has 0 saturated heterocycles. The molecule has 0 atom stereocenters. The van der Waals surface area contributed by atoms with Crippen molar-refractivity contribution in [3.8, 4) is 5.75 Å². The monoisotopic (exact) mass is 368 g/mol. The molecule has 0 radical (unpaired) electrons. The van der Waals surface area contributed by atoms with Crippen LogP contribution in [-0.2, 0) is 19.5 Å². The second kappa shape index (κ2) is 8.53. The van der Waals surface area contributed by atoms with Gasteiger partial charge in [0.2, 0.25) is 0 Å². The van der Waals surface area contributed by atoms with Gasteiger partial charge in [-0.15, -0.1) is 6.58 Å². The number of carbonyl (C=O) groups is 2. The second-order valence-electron chi connectivity index (χ2n) is 6.33. The van der Waals surface area contributed by atoms with Gasteiger partial charge in [0.25, 0.3) is 11.8 Å². The zero-order valence-corrected chi connectivity index (χ0v) is 15.5. The number of hydrogen-bond donors (Lipinski definition) is 2. The molecule has 27 heavy (non-hydrogen) atoms. The summed E-state index contributed by atoms with van der Waals surface area (Å²) in [5.41, 5.74) is 2.03. The first-order chi connectivity index (χ1) is 13.2. The molecule has 2 aromatic rings. The van der Waals surface area contributed by atoms with Crippen LogP contribution in [0.2, 0.25) is 0 Å². The number of aromatic nitrogens is 2. The lowest BCUT2D eigenvalue weighted by atomic mass is 10.1. The van der Waals surface area contributed by atoms with Crippen molar-refractivity contribution in [1.29, 1.82) is 0 Å². The van der Waals surface area contributed by atoms with Gasteiger partial charge in [-0.1, -0.05) is 24.3 Å². The highest BCUT2D eigenvalue weighted by Crippen LogP contribution is 2.22. The van der Waals surface area contributed by atoms with Crippen LogP contribution in [0.1, 0.15) is 45.2 Å². The number of hydrogen-bond acceptors (Lipinski definition) is 4. The summed E-state index contributed by atoms with van der Waals surface area (Å²) >= 11 is 0. The third-order valence-electron chi connectivity index (χ3n) is 4.57. The van der Waals surface area contributed by atoms with E-state index in [4.69, 9.17) is 4.74 Å². The number of amides is 2. The van der Waals surface area contributed by atoms with Gasteiger partial charge in [0.05, 0.1) is 12.8 Å². The number of carbonyl (C=O) groups excluding carboxylic acids is 2. The molecule has 142 valence electrons. The molecule has 1 aromatic heterocycles. The molecular weight excluding hydrogens is 344 g/mol. The molecule has 7 nitrogen and oxygen atoms in total. The normalized spacial score (nSPS) is 12.8. The maximum absolute atomic E-state index is 12.8. The van der Waals surface area contributed by atoms with E-state index in [2.05, 4.69) is 22.2 Å². The standard InChI is InChI=1S/C20H24N4O3/c1-3-11-21-20(26)18-23-17(15-9-6-7-12-24(15)18)19(25)22-13-14-8-4-5-10-16(14)27-2/h3-5,8,10H,1,6-7,9,11-13H2,2H3,(H,21,26)(H,22,25). The fraction of sp³-hybridized carbons (Fsp3) is 0.350. The Labute approximate surface area is 158 Å². The van der Waals surface area contributed by atoms with E-state index in [9.17, 15) is 9.59 Å². The van der Waals surface area contributed by atoms with Crippen LogP contribution in [0, 0.1) is 0 Å². The van der Waals surface area contributed by atoms with Crippen molar-refractivity contribution >= 4 is 11.8 Å². The van der Waals surface area contributed by atoms with Crippen molar-refractivity contribution < 1.29 is 14.3 Å². The first-order valence-corrected chi connectivity index (χ1v) is 9.04. The van der Waals surface area contributed by atoms with Crippen molar-refractivity contribution in [3.63, 3.8) is 0 Å². The Morgan fingerprint density at radius 1 is 1.26 bits per heavy atom. The van der Waals surface area contributed by atoms with E-state index in [1.165, 1.54) is 0 Å². The fourth-order valence-electron chi connectivity index (χ4n) is 3.25. The van der Waals surface area contributed by atoms with E-state index < -0.39 is 0 Å². The van der Waals surface area contributed by atoms with Crippen LogP contribution < -0.4 is 15.4 Å². The molecule has 1 aromatic carbocycles. The lowest BCUT2D eigenvalue weighted by molar-refractivity contribution is 0.0941. The average molecular weight is 368 g/mol. The highest BCUT2D eigenvalue weighted by atomic mass is 16.5. The summed E-state index contributed by atoms with van der Waals surface area (Å²) < 4.78 is 7.18. The Kier molecular flexibility index (Phi) is 5.90. The van der Waals surface area contributed by atoms with Crippen LogP contribution in [0.5, 0.6) is 5.75 Å². The molecular formula is C20H24N4O3. The number of nitrogens with one attached hydrogen (secondary N) is 2. The van der Waals surface area contributed by atoms with E-state index in [1.807, 2.05) is 28.8 Å². The zero-order chi connectivity index (χ0) is 19.2. The van der Waals surface area contributed by atoms with Gasteiger partial charge < -0.3 is 19.9 Å². The highest BCUT2D eigenvalue weighted by molar-refractivity contribution is 5.97. The van der Waals surface area contributed by atoms with Crippen molar-refractivity contribution in [3.05, 3.63) is 59.7 Å². The number of para-hydroxylation sites is 1. The topological polar surface area (TPSA) is 85.2 Å². The summed E-state index contributed by atoms with van der Waals surface area (Å²) in [4.78, 5) is 29.5. The second-order valence-corrected chi connectivity index (χ2v) is 6.33. The Hall–Kier alpha value is -3.09. The maximum Gasteiger partial charge on any atom is 0.287 e. The van der Waals surface area contributed by atoms with Crippen LogP contribution in [0.25, 0.3) is 0 Å². The van der Waals surface area contributed by atoms with Gasteiger partial charge in [0, 0.05) is 25.2 Å². The van der Waals surface area contributed by atoms with E-state index in [0.29, 0.717) is 31.1 Å². The van der Waals surface area contributed by atoms with Crippen LogP contribution in [-0.4, -0.2) is 35.0 Å². The lowest BCUT2D eigenvalue weighted by Crippen LogP contribution is -2.28. The number of nitrogens with zero attached hydrogens (tertiary/aromatic N) is 2. The number of fused-ring (bicyclic) bond motifs is 1. The van der Waals surface area contributed by atoms with Gasteiger partial charge in [-0.2, -0.15) is 0 Å². The summed E-state index contributed by atoms with van der Waals surface area (Å²) in [5.74, 6) is 0.430. The van der Waals surface area contributed by atoms with Gasteiger partial charge in [-0.3, -0.25) is 9.59 Å². The summed E-state index contributed by atoms with van der Waals surface area (Å²) in [5, 5.41) is 5.63. The van der Waals surface area contributed by atoms with Crippen molar-refractivity contribution in [1.82, 2.24) is 20.2 Å². The van der Waals surface area contributed by atoms with E-state index in [1.54, 1.807) is 13.2 Å². The zero-order valence-electron chi connectivity index (χ0n) is 15.5. The maximum atomic E-state index is 12.8. The van der Waals surface area contributed by atoms with Gasteiger partial charge in [0.15, 0.2) is 5.82 Å². The van der Waals surface area contributed by atoms with Crippen LogP contribution in [0.4, 0.5) is 0 Å². The summed E-state index contributed by atoms with van der Waals surface area (Å²) in [6.45, 7) is 4.98. The van der Waals surface area contributed by atoms with Gasteiger partial charge in [0.1, 0.15) is 11.4 Å². The van der Waals surface area contributed by atoms with Crippen LogP contribution >= 0.6 is 0 Å². The van der Waals surface area contributed by atoms with Crippen LogP contribution in [0.15, 0.2) is 36.9 Å². The predicted octanol–water partition coefficient (Wildman–Crippen LogP) is 2.07. The Bertz CT molecular complexity index is 857. The number of imidazole rings is 1. The van der Waals surface area contributed by atoms with Crippen molar-refractivity contribution in [2.24, 2.45) is 0 Å².